The molecule has 0 aromatic carbocycles. The van der Waals surface area contributed by atoms with Crippen molar-refractivity contribution in [1.82, 2.24) is 10.2 Å². The van der Waals surface area contributed by atoms with E-state index in [1.54, 1.807) is 44.5 Å². The molecule has 0 aliphatic heterocycles. The van der Waals surface area contributed by atoms with Crippen molar-refractivity contribution < 1.29 is 14.7 Å². The van der Waals surface area contributed by atoms with Gasteiger partial charge in [0.25, 0.3) is 0 Å². The van der Waals surface area contributed by atoms with Crippen molar-refractivity contribution in [2.45, 2.75) is 46.2 Å². The van der Waals surface area contributed by atoms with Crippen molar-refractivity contribution in [3.8, 4) is 0 Å². The van der Waals surface area contributed by atoms with E-state index in [1.807, 2.05) is 13.2 Å². The van der Waals surface area contributed by atoms with E-state index >= 15 is 0 Å². The van der Waals surface area contributed by atoms with Gasteiger partial charge in [0.1, 0.15) is 6.04 Å². The molecule has 0 fully saturated rings. The Kier molecular flexibility index (Phi) is 7.26. The Hall–Kier alpha value is -0.910. The van der Waals surface area contributed by atoms with Gasteiger partial charge in [-0.3, -0.25) is 0 Å². The lowest BCUT2D eigenvalue weighted by molar-refractivity contribution is -0.142. The Bertz CT molecular complexity index is 316. The normalized spacial score (nSPS) is 14.6. The van der Waals surface area contributed by atoms with Gasteiger partial charge < -0.3 is 15.3 Å². The Balaban J connectivity index is 4.77. The molecule has 0 aromatic heterocycles. The van der Waals surface area contributed by atoms with Gasteiger partial charge in [0.15, 0.2) is 0 Å². The number of carboxylic acids is 1. The van der Waals surface area contributed by atoms with Crippen LogP contribution in [-0.4, -0.2) is 53.1 Å². The molecular weight excluding hydrogens is 264 g/mol. The SMILES string of the molecule is CCC(CSC)N(C)C(=O)NC(C(=O)O)C(C)(C)C. The number of carboxylic acid groups (broad SMARTS) is 1. The molecule has 2 amide bonds. The molecule has 0 saturated carbocycles. The van der Waals surface area contributed by atoms with E-state index in [9.17, 15) is 14.7 Å². The third-order valence-corrected chi connectivity index (χ3v) is 3.80. The van der Waals surface area contributed by atoms with Crippen LogP contribution >= 0.6 is 11.8 Å². The smallest absolute Gasteiger partial charge is 0.326 e. The second-order valence-corrected chi connectivity index (χ2v) is 6.63. The van der Waals surface area contributed by atoms with E-state index in [0.717, 1.165) is 12.2 Å². The van der Waals surface area contributed by atoms with Gasteiger partial charge in [-0.05, 0) is 18.1 Å². The number of urea groups is 1. The van der Waals surface area contributed by atoms with Crippen LogP contribution in [0.15, 0.2) is 0 Å². The molecule has 0 spiro atoms. The zero-order valence-electron chi connectivity index (χ0n) is 12.7. The number of nitrogens with one attached hydrogen (secondary N) is 1. The van der Waals surface area contributed by atoms with Crippen LogP contribution in [0.25, 0.3) is 0 Å². The summed E-state index contributed by atoms with van der Waals surface area (Å²) < 4.78 is 0. The largest absolute Gasteiger partial charge is 0.480 e. The molecule has 0 saturated heterocycles. The molecule has 2 N–H and O–H groups in total. The molecule has 0 aliphatic carbocycles. The summed E-state index contributed by atoms with van der Waals surface area (Å²) in [6, 6.07) is -1.11. The molecule has 0 radical (unpaired) electrons. The number of carbonyl (C=O) groups excluding carboxylic acids is 1. The van der Waals surface area contributed by atoms with Crippen molar-refractivity contribution in [3.63, 3.8) is 0 Å². The Morgan fingerprint density at radius 3 is 2.21 bits per heavy atom. The van der Waals surface area contributed by atoms with Gasteiger partial charge in [-0.1, -0.05) is 27.7 Å². The van der Waals surface area contributed by atoms with Crippen LogP contribution in [0.5, 0.6) is 0 Å². The van der Waals surface area contributed by atoms with E-state index in [0.29, 0.717) is 0 Å². The first kappa shape index (κ1) is 18.1. The second-order valence-electron chi connectivity index (χ2n) is 5.72. The molecule has 0 aromatic rings. The van der Waals surface area contributed by atoms with Gasteiger partial charge >= 0.3 is 12.0 Å². The molecule has 112 valence electrons. The number of amides is 2. The lowest BCUT2D eigenvalue weighted by atomic mass is 9.87. The number of hydrogen-bond donors (Lipinski definition) is 2. The van der Waals surface area contributed by atoms with Gasteiger partial charge in [0.2, 0.25) is 0 Å². The van der Waals surface area contributed by atoms with Gasteiger partial charge in [0.05, 0.1) is 0 Å². The number of nitrogens with zero attached hydrogens (tertiary/aromatic N) is 1. The first-order valence-electron chi connectivity index (χ1n) is 6.40. The molecule has 2 atom stereocenters. The summed E-state index contributed by atoms with van der Waals surface area (Å²) in [4.78, 5) is 24.9. The first-order chi connectivity index (χ1) is 8.65. The lowest BCUT2D eigenvalue weighted by Gasteiger charge is -2.32. The van der Waals surface area contributed by atoms with Crippen LogP contribution in [0.1, 0.15) is 34.1 Å². The number of hydrogen-bond acceptors (Lipinski definition) is 3. The molecule has 0 rings (SSSR count). The minimum atomic E-state index is -1.01. The predicted octanol–water partition coefficient (Wildman–Crippen LogP) is 2.27. The van der Waals surface area contributed by atoms with Gasteiger partial charge in [-0.25, -0.2) is 9.59 Å². The molecule has 0 bridgehead atoms. The monoisotopic (exact) mass is 290 g/mol. The maximum atomic E-state index is 12.1. The van der Waals surface area contributed by atoms with Gasteiger partial charge in [0, 0.05) is 18.8 Å². The molecule has 0 aliphatic rings. The van der Waals surface area contributed by atoms with Crippen molar-refractivity contribution in [2.75, 3.05) is 19.1 Å². The number of rotatable bonds is 6. The molecular formula is C13H26N2O3S. The number of carbonyl (C=O) groups is 2. The molecule has 19 heavy (non-hydrogen) atoms. The third-order valence-electron chi connectivity index (χ3n) is 3.08. The van der Waals surface area contributed by atoms with Crippen molar-refractivity contribution in [3.05, 3.63) is 0 Å². The lowest BCUT2D eigenvalue weighted by Crippen LogP contribution is -2.54. The van der Waals surface area contributed by atoms with E-state index in [1.165, 1.54) is 0 Å². The summed E-state index contributed by atoms with van der Waals surface area (Å²) in [5.41, 5.74) is -0.524. The van der Waals surface area contributed by atoms with Crippen LogP contribution in [-0.2, 0) is 4.79 Å². The average molecular weight is 290 g/mol. The van der Waals surface area contributed by atoms with Gasteiger partial charge in [-0.2, -0.15) is 11.8 Å². The minimum Gasteiger partial charge on any atom is -0.480 e. The summed E-state index contributed by atoms with van der Waals surface area (Å²) in [5.74, 6) is -0.166. The summed E-state index contributed by atoms with van der Waals surface area (Å²) in [7, 11) is 1.71. The van der Waals surface area contributed by atoms with E-state index in [4.69, 9.17) is 0 Å². The van der Waals surface area contributed by atoms with Crippen LogP contribution < -0.4 is 5.32 Å². The van der Waals surface area contributed by atoms with Crippen molar-refractivity contribution >= 4 is 23.8 Å². The van der Waals surface area contributed by atoms with Crippen molar-refractivity contribution in [2.24, 2.45) is 5.41 Å². The zero-order chi connectivity index (χ0) is 15.2. The Labute approximate surface area is 120 Å². The number of aliphatic carboxylic acids is 1. The fraction of sp³-hybridized carbons (Fsp3) is 0.846. The van der Waals surface area contributed by atoms with Gasteiger partial charge in [-0.15, -0.1) is 0 Å². The predicted molar refractivity (Wildman–Crippen MR) is 79.6 cm³/mol. The summed E-state index contributed by atoms with van der Waals surface area (Å²) in [6.45, 7) is 7.41. The van der Waals surface area contributed by atoms with Crippen LogP contribution in [0, 0.1) is 5.41 Å². The zero-order valence-corrected chi connectivity index (χ0v) is 13.5. The number of thioether (sulfide) groups is 1. The summed E-state index contributed by atoms with van der Waals surface area (Å²) in [5, 5.41) is 11.8. The van der Waals surface area contributed by atoms with E-state index in [-0.39, 0.29) is 12.1 Å². The molecule has 5 nitrogen and oxygen atoms in total. The van der Waals surface area contributed by atoms with E-state index < -0.39 is 17.4 Å². The fourth-order valence-corrected chi connectivity index (χ4v) is 2.58. The summed E-state index contributed by atoms with van der Waals surface area (Å²) >= 11 is 1.67. The van der Waals surface area contributed by atoms with Crippen LogP contribution in [0.2, 0.25) is 0 Å². The summed E-state index contributed by atoms with van der Waals surface area (Å²) in [6.07, 6.45) is 2.83. The van der Waals surface area contributed by atoms with Crippen LogP contribution in [0.4, 0.5) is 4.79 Å². The topological polar surface area (TPSA) is 69.6 Å². The Morgan fingerprint density at radius 2 is 1.89 bits per heavy atom. The standard InChI is InChI=1S/C13H26N2O3S/c1-7-9(8-19-6)15(5)12(18)14-10(11(16)17)13(2,3)4/h9-10H,7-8H2,1-6H3,(H,14,18)(H,16,17). The molecule has 6 heteroatoms. The highest BCUT2D eigenvalue weighted by Crippen LogP contribution is 2.20. The highest BCUT2D eigenvalue weighted by atomic mass is 32.2. The van der Waals surface area contributed by atoms with Crippen LogP contribution in [0.3, 0.4) is 0 Å². The maximum Gasteiger partial charge on any atom is 0.326 e. The highest BCUT2D eigenvalue weighted by Gasteiger charge is 2.34. The molecule has 2 unspecified atom stereocenters. The molecule has 0 heterocycles. The highest BCUT2D eigenvalue weighted by molar-refractivity contribution is 7.98. The maximum absolute atomic E-state index is 12.1. The Morgan fingerprint density at radius 1 is 1.37 bits per heavy atom. The second kappa shape index (κ2) is 7.62. The quantitative estimate of drug-likeness (QED) is 0.787. The third kappa shape index (κ3) is 5.72. The van der Waals surface area contributed by atoms with E-state index in [2.05, 4.69) is 5.32 Å². The fourth-order valence-electron chi connectivity index (χ4n) is 1.74. The van der Waals surface area contributed by atoms with Crippen molar-refractivity contribution in [1.29, 1.82) is 0 Å². The average Bonchev–Trinajstić information content (AvgIpc) is 2.29. The minimum absolute atomic E-state index is 0.115. The first-order valence-corrected chi connectivity index (χ1v) is 7.79.